The van der Waals surface area contributed by atoms with E-state index in [0.29, 0.717) is 0 Å². The number of nitrogens with one attached hydrogen (secondary N) is 1. The number of aliphatic hydroxyl groups excluding tert-OH is 1. The van der Waals surface area contributed by atoms with Gasteiger partial charge in [-0.3, -0.25) is 0 Å². The van der Waals surface area contributed by atoms with Gasteiger partial charge < -0.3 is 20.1 Å². The molecule has 2 N–H and O–H groups in total. The first-order chi connectivity index (χ1) is 8.69. The molecule has 1 atom stereocenters. The van der Waals surface area contributed by atoms with Crippen LogP contribution in [0, 0.1) is 6.92 Å². The number of rotatable bonds is 4. The molecule has 2 heterocycles. The summed E-state index contributed by atoms with van der Waals surface area (Å²) in [7, 11) is 0. The van der Waals surface area contributed by atoms with E-state index in [0.717, 1.165) is 37.9 Å². The number of hydrogen-bond donors (Lipinski definition) is 2. The fourth-order valence-electron chi connectivity index (χ4n) is 1.98. The summed E-state index contributed by atoms with van der Waals surface area (Å²) in [5, 5.41) is 12.3. The van der Waals surface area contributed by atoms with Crippen molar-refractivity contribution in [2.45, 2.75) is 19.9 Å². The van der Waals surface area contributed by atoms with E-state index in [9.17, 15) is 0 Å². The van der Waals surface area contributed by atoms with Crippen molar-refractivity contribution in [3.05, 3.63) is 17.7 Å². The molecule has 1 aliphatic heterocycles. The van der Waals surface area contributed by atoms with Gasteiger partial charge in [-0.1, -0.05) is 0 Å². The highest BCUT2D eigenvalue weighted by atomic mass is 16.5. The molecule has 100 valence electrons. The zero-order chi connectivity index (χ0) is 13.0. The van der Waals surface area contributed by atoms with Crippen molar-refractivity contribution >= 4 is 11.6 Å². The van der Waals surface area contributed by atoms with E-state index in [-0.39, 0.29) is 12.6 Å². The molecule has 1 aromatic rings. The molecule has 1 aliphatic rings. The zero-order valence-corrected chi connectivity index (χ0v) is 11.0. The second-order valence-corrected chi connectivity index (χ2v) is 4.72. The van der Waals surface area contributed by atoms with E-state index in [1.807, 2.05) is 13.0 Å². The number of ether oxygens (including phenoxy) is 1. The molecule has 2 rings (SSSR count). The van der Waals surface area contributed by atoms with Crippen LogP contribution in [0.3, 0.4) is 0 Å². The van der Waals surface area contributed by atoms with Crippen LogP contribution >= 0.6 is 0 Å². The van der Waals surface area contributed by atoms with Crippen molar-refractivity contribution in [3.63, 3.8) is 0 Å². The quantitative estimate of drug-likeness (QED) is 0.836. The van der Waals surface area contributed by atoms with Crippen LogP contribution in [0.1, 0.15) is 12.5 Å². The lowest BCUT2D eigenvalue weighted by Gasteiger charge is -2.28. The summed E-state index contributed by atoms with van der Waals surface area (Å²) in [6.45, 7) is 7.36. The monoisotopic (exact) mass is 251 g/mol. The summed E-state index contributed by atoms with van der Waals surface area (Å²) in [5.74, 6) is 1.80. The van der Waals surface area contributed by atoms with Crippen LogP contribution < -0.4 is 10.2 Å². The van der Waals surface area contributed by atoms with Gasteiger partial charge in [-0.25, -0.2) is 4.98 Å². The lowest BCUT2D eigenvalue weighted by atomic mass is 10.2. The van der Waals surface area contributed by atoms with Crippen molar-refractivity contribution in [2.75, 3.05) is 43.1 Å². The number of aliphatic hydroxyl groups is 1. The zero-order valence-electron chi connectivity index (χ0n) is 11.0. The number of aryl methyl sites for hydroxylation is 1. The van der Waals surface area contributed by atoms with Crippen LogP contribution in [-0.4, -0.2) is 49.0 Å². The Hall–Kier alpha value is -1.33. The van der Waals surface area contributed by atoms with E-state index in [1.165, 1.54) is 5.56 Å². The minimum atomic E-state index is 0.0110. The second-order valence-electron chi connectivity index (χ2n) is 4.72. The lowest BCUT2D eigenvalue weighted by Crippen LogP contribution is -2.37. The van der Waals surface area contributed by atoms with Gasteiger partial charge in [0.15, 0.2) is 0 Å². The third-order valence-corrected chi connectivity index (χ3v) is 2.96. The van der Waals surface area contributed by atoms with Crippen LogP contribution in [0.15, 0.2) is 12.1 Å². The average molecular weight is 251 g/mol. The SMILES string of the molecule is Cc1cc(NC(C)CO)nc(N2CCOCC2)c1. The number of morpholine rings is 1. The Bertz CT molecular complexity index is 392. The standard InChI is InChI=1S/C13H21N3O2/c1-10-7-12(14-11(2)9-17)15-13(8-10)16-3-5-18-6-4-16/h7-8,11,17H,3-6,9H2,1-2H3,(H,14,15). The molecule has 1 saturated heterocycles. The van der Waals surface area contributed by atoms with E-state index < -0.39 is 0 Å². The first kappa shape index (κ1) is 13.1. The minimum Gasteiger partial charge on any atom is -0.394 e. The van der Waals surface area contributed by atoms with Crippen molar-refractivity contribution in [3.8, 4) is 0 Å². The summed E-state index contributed by atoms with van der Waals surface area (Å²) in [6, 6.07) is 4.09. The Labute approximate surface area is 108 Å². The first-order valence-corrected chi connectivity index (χ1v) is 6.38. The fourth-order valence-corrected chi connectivity index (χ4v) is 1.98. The van der Waals surface area contributed by atoms with Crippen LogP contribution in [0.5, 0.6) is 0 Å². The lowest BCUT2D eigenvalue weighted by molar-refractivity contribution is 0.122. The maximum atomic E-state index is 9.07. The molecule has 0 aliphatic carbocycles. The molecule has 0 radical (unpaired) electrons. The van der Waals surface area contributed by atoms with E-state index >= 15 is 0 Å². The fraction of sp³-hybridized carbons (Fsp3) is 0.615. The summed E-state index contributed by atoms with van der Waals surface area (Å²) >= 11 is 0. The highest BCUT2D eigenvalue weighted by molar-refractivity contribution is 5.50. The molecule has 0 amide bonds. The van der Waals surface area contributed by atoms with Crippen LogP contribution in [0.4, 0.5) is 11.6 Å². The van der Waals surface area contributed by atoms with Gasteiger partial charge in [-0.15, -0.1) is 0 Å². The summed E-state index contributed by atoms with van der Waals surface area (Å²) in [4.78, 5) is 6.82. The maximum absolute atomic E-state index is 9.07. The largest absolute Gasteiger partial charge is 0.394 e. The first-order valence-electron chi connectivity index (χ1n) is 6.38. The molecule has 1 aromatic heterocycles. The van der Waals surface area contributed by atoms with Crippen molar-refractivity contribution in [1.82, 2.24) is 4.98 Å². The van der Waals surface area contributed by atoms with E-state index in [1.54, 1.807) is 0 Å². The Morgan fingerprint density at radius 2 is 2.17 bits per heavy atom. The molecule has 5 heteroatoms. The second kappa shape index (κ2) is 6.02. The van der Waals surface area contributed by atoms with Crippen LogP contribution in [0.2, 0.25) is 0 Å². The minimum absolute atomic E-state index is 0.0110. The molecule has 5 nitrogen and oxygen atoms in total. The van der Waals surface area contributed by atoms with E-state index in [4.69, 9.17) is 9.84 Å². The van der Waals surface area contributed by atoms with Gasteiger partial charge in [0.1, 0.15) is 11.6 Å². The van der Waals surface area contributed by atoms with Crippen molar-refractivity contribution in [2.24, 2.45) is 0 Å². The Morgan fingerprint density at radius 1 is 1.44 bits per heavy atom. The molecule has 0 aromatic carbocycles. The molecular weight excluding hydrogens is 230 g/mol. The van der Waals surface area contributed by atoms with Crippen molar-refractivity contribution < 1.29 is 9.84 Å². The Morgan fingerprint density at radius 3 is 2.83 bits per heavy atom. The van der Waals surface area contributed by atoms with Gasteiger partial charge in [0.05, 0.1) is 19.8 Å². The maximum Gasteiger partial charge on any atom is 0.131 e. The van der Waals surface area contributed by atoms with Crippen LogP contribution in [-0.2, 0) is 4.74 Å². The molecule has 0 spiro atoms. The third-order valence-electron chi connectivity index (χ3n) is 2.96. The molecule has 0 saturated carbocycles. The van der Waals surface area contributed by atoms with Gasteiger partial charge in [-0.2, -0.15) is 0 Å². The Kier molecular flexibility index (Phi) is 4.38. The molecule has 0 bridgehead atoms. The van der Waals surface area contributed by atoms with Gasteiger partial charge in [-0.05, 0) is 31.5 Å². The highest BCUT2D eigenvalue weighted by Gasteiger charge is 2.13. The summed E-state index contributed by atoms with van der Waals surface area (Å²) < 4.78 is 5.35. The number of anilines is 2. The molecule has 18 heavy (non-hydrogen) atoms. The summed E-state index contributed by atoms with van der Waals surface area (Å²) in [6.07, 6.45) is 0. The predicted octanol–water partition coefficient (Wildman–Crippen LogP) is 1.02. The topological polar surface area (TPSA) is 57.6 Å². The molecule has 1 unspecified atom stereocenters. The predicted molar refractivity (Wildman–Crippen MR) is 72.2 cm³/mol. The van der Waals surface area contributed by atoms with Gasteiger partial charge in [0.2, 0.25) is 0 Å². The normalized spacial score (nSPS) is 17.6. The van der Waals surface area contributed by atoms with Crippen LogP contribution in [0.25, 0.3) is 0 Å². The van der Waals surface area contributed by atoms with E-state index in [2.05, 4.69) is 28.2 Å². The van der Waals surface area contributed by atoms with Gasteiger partial charge in [0, 0.05) is 19.1 Å². The smallest absolute Gasteiger partial charge is 0.131 e. The third kappa shape index (κ3) is 3.34. The molecular formula is C13H21N3O2. The number of hydrogen-bond acceptors (Lipinski definition) is 5. The Balaban J connectivity index is 2.14. The molecule has 1 fully saturated rings. The number of aromatic nitrogens is 1. The van der Waals surface area contributed by atoms with Gasteiger partial charge in [0.25, 0.3) is 0 Å². The number of nitrogens with zero attached hydrogens (tertiary/aromatic N) is 2. The average Bonchev–Trinajstić information content (AvgIpc) is 2.39. The summed E-state index contributed by atoms with van der Waals surface area (Å²) in [5.41, 5.74) is 1.17. The van der Waals surface area contributed by atoms with Gasteiger partial charge >= 0.3 is 0 Å². The number of pyridine rings is 1. The van der Waals surface area contributed by atoms with Crippen molar-refractivity contribution in [1.29, 1.82) is 0 Å². The highest BCUT2D eigenvalue weighted by Crippen LogP contribution is 2.19.